The van der Waals surface area contributed by atoms with Gasteiger partial charge in [0.1, 0.15) is 6.10 Å². The van der Waals surface area contributed by atoms with Crippen molar-refractivity contribution in [1.29, 1.82) is 0 Å². The maximum absolute atomic E-state index is 13.2. The van der Waals surface area contributed by atoms with E-state index in [1.54, 1.807) is 0 Å². The van der Waals surface area contributed by atoms with Gasteiger partial charge >= 0.3 is 5.97 Å². The third-order valence-electron chi connectivity index (χ3n) is 10.7. The number of aliphatic hydroxyl groups is 2. The van der Waals surface area contributed by atoms with E-state index in [2.05, 4.69) is 86.8 Å². The molecule has 0 saturated carbocycles. The second-order valence-corrected chi connectivity index (χ2v) is 16.6. The SMILES string of the molecule is CC/C=C/C=C/C=C\C=C/CCCC(CC(=O)NC(CO)C(O)CCCCCCCCCCCCCC)OC(=O)CCCCC/C=C\C/C=C\C/C=C\C/C=C\CCCCC. The molecular formula is C55H93NO5. The van der Waals surface area contributed by atoms with E-state index in [0.29, 0.717) is 19.3 Å². The normalized spacial score (nSPS) is 14.1. The summed E-state index contributed by atoms with van der Waals surface area (Å²) in [6.07, 6.45) is 63.3. The summed E-state index contributed by atoms with van der Waals surface area (Å²) < 4.78 is 5.87. The van der Waals surface area contributed by atoms with Gasteiger partial charge in [-0.25, -0.2) is 0 Å². The highest BCUT2D eigenvalue weighted by Crippen LogP contribution is 2.16. The van der Waals surface area contributed by atoms with Crippen LogP contribution in [0.3, 0.4) is 0 Å². The summed E-state index contributed by atoms with van der Waals surface area (Å²) in [5.41, 5.74) is 0. The largest absolute Gasteiger partial charge is 0.462 e. The van der Waals surface area contributed by atoms with Crippen LogP contribution in [0.25, 0.3) is 0 Å². The lowest BCUT2D eigenvalue weighted by Gasteiger charge is -2.24. The van der Waals surface area contributed by atoms with Crippen LogP contribution in [0.4, 0.5) is 0 Å². The highest BCUT2D eigenvalue weighted by Gasteiger charge is 2.24. The molecule has 0 saturated heterocycles. The van der Waals surface area contributed by atoms with Gasteiger partial charge in [-0.1, -0.05) is 214 Å². The fourth-order valence-corrected chi connectivity index (χ4v) is 6.96. The van der Waals surface area contributed by atoms with Crippen molar-refractivity contribution in [3.63, 3.8) is 0 Å². The summed E-state index contributed by atoms with van der Waals surface area (Å²) in [6, 6.07) is -0.734. The second-order valence-electron chi connectivity index (χ2n) is 16.6. The molecule has 0 aromatic rings. The minimum Gasteiger partial charge on any atom is -0.462 e. The third-order valence-corrected chi connectivity index (χ3v) is 10.7. The number of carbonyl (C=O) groups excluding carboxylic acids is 2. The van der Waals surface area contributed by atoms with Crippen LogP contribution in [0.2, 0.25) is 0 Å². The monoisotopic (exact) mass is 848 g/mol. The van der Waals surface area contributed by atoms with Crippen molar-refractivity contribution in [2.24, 2.45) is 0 Å². The molecule has 3 atom stereocenters. The van der Waals surface area contributed by atoms with E-state index in [-0.39, 0.29) is 24.9 Å². The predicted octanol–water partition coefficient (Wildman–Crippen LogP) is 14.9. The molecule has 0 aliphatic heterocycles. The van der Waals surface area contributed by atoms with Gasteiger partial charge in [0.2, 0.25) is 5.91 Å². The van der Waals surface area contributed by atoms with Gasteiger partial charge in [-0.15, -0.1) is 0 Å². The topological polar surface area (TPSA) is 95.9 Å². The Kier molecular flexibility index (Phi) is 45.3. The molecule has 0 fully saturated rings. The van der Waals surface area contributed by atoms with Gasteiger partial charge in [-0.2, -0.15) is 0 Å². The highest BCUT2D eigenvalue weighted by atomic mass is 16.5. The summed E-state index contributed by atoms with van der Waals surface area (Å²) in [6.45, 7) is 6.26. The molecule has 6 heteroatoms. The molecule has 6 nitrogen and oxygen atoms in total. The first-order valence-corrected chi connectivity index (χ1v) is 25.0. The number of esters is 1. The number of aliphatic hydroxyl groups excluding tert-OH is 2. The predicted molar refractivity (Wildman–Crippen MR) is 264 cm³/mol. The summed E-state index contributed by atoms with van der Waals surface area (Å²) in [4.78, 5) is 26.1. The number of hydrogen-bond donors (Lipinski definition) is 3. The highest BCUT2D eigenvalue weighted by molar-refractivity contribution is 5.77. The van der Waals surface area contributed by atoms with E-state index in [1.165, 1.54) is 83.5 Å². The summed E-state index contributed by atoms with van der Waals surface area (Å²) in [5.74, 6) is -0.587. The molecule has 1 amide bonds. The Bertz CT molecular complexity index is 1220. The summed E-state index contributed by atoms with van der Waals surface area (Å²) >= 11 is 0. The molecule has 0 aliphatic carbocycles. The van der Waals surface area contributed by atoms with Gasteiger partial charge in [0.05, 0.1) is 25.2 Å². The standard InChI is InChI=1S/C55H93NO5/c1-4-7-10-13-16-19-22-24-25-26-27-28-29-30-33-36-39-42-45-48-55(60)61-51(46-43-40-37-34-31-21-18-15-12-9-6-3)49-54(59)56-52(50-57)53(58)47-44-41-38-35-32-23-20-17-14-11-8-5-2/h9,12,15-16,18-19,21,24-25,27-28,30-31,33-34,37,51-53,57-58H,4-8,10-11,13-14,17,20,22-23,26,29,32,35-36,38-50H2,1-3H3,(H,56,59)/b12-9+,18-15+,19-16-,25-24-,28-27-,31-21-,33-30-,37-34-. The molecule has 0 heterocycles. The van der Waals surface area contributed by atoms with Crippen molar-refractivity contribution in [2.45, 2.75) is 232 Å². The van der Waals surface area contributed by atoms with E-state index < -0.39 is 18.2 Å². The second kappa shape index (κ2) is 47.8. The molecule has 0 aliphatic rings. The Morgan fingerprint density at radius 1 is 0.508 bits per heavy atom. The Morgan fingerprint density at radius 3 is 1.52 bits per heavy atom. The van der Waals surface area contributed by atoms with Crippen molar-refractivity contribution in [3.8, 4) is 0 Å². The van der Waals surface area contributed by atoms with Crippen molar-refractivity contribution in [2.75, 3.05) is 6.61 Å². The zero-order chi connectivity index (χ0) is 44.5. The summed E-state index contributed by atoms with van der Waals surface area (Å²) in [5, 5.41) is 23.7. The van der Waals surface area contributed by atoms with Crippen LogP contribution in [-0.2, 0) is 14.3 Å². The van der Waals surface area contributed by atoms with Gasteiger partial charge in [0, 0.05) is 6.42 Å². The van der Waals surface area contributed by atoms with Crippen LogP contribution in [0.5, 0.6) is 0 Å². The van der Waals surface area contributed by atoms with Crippen molar-refractivity contribution >= 4 is 11.9 Å². The molecule has 3 N–H and O–H groups in total. The molecule has 0 bridgehead atoms. The molecule has 0 aromatic heterocycles. The Labute approximate surface area is 376 Å². The van der Waals surface area contributed by atoms with E-state index in [9.17, 15) is 19.8 Å². The van der Waals surface area contributed by atoms with Crippen molar-refractivity contribution in [3.05, 3.63) is 97.2 Å². The molecule has 0 rings (SSSR count). The Balaban J connectivity index is 4.67. The quantitative estimate of drug-likeness (QED) is 0.0246. The minimum absolute atomic E-state index is 0.0132. The van der Waals surface area contributed by atoms with Gasteiger partial charge in [-0.3, -0.25) is 9.59 Å². The smallest absolute Gasteiger partial charge is 0.306 e. The van der Waals surface area contributed by atoms with E-state index in [0.717, 1.165) is 83.5 Å². The first-order valence-electron chi connectivity index (χ1n) is 25.0. The number of amides is 1. The van der Waals surface area contributed by atoms with Crippen LogP contribution in [-0.4, -0.2) is 46.9 Å². The van der Waals surface area contributed by atoms with Crippen LogP contribution >= 0.6 is 0 Å². The molecular weight excluding hydrogens is 755 g/mol. The first-order chi connectivity index (χ1) is 30.0. The first kappa shape index (κ1) is 57.8. The molecule has 61 heavy (non-hydrogen) atoms. The van der Waals surface area contributed by atoms with E-state index >= 15 is 0 Å². The molecule has 0 radical (unpaired) electrons. The number of ether oxygens (including phenoxy) is 1. The Morgan fingerprint density at radius 2 is 0.967 bits per heavy atom. The van der Waals surface area contributed by atoms with Crippen LogP contribution in [0.1, 0.15) is 213 Å². The maximum atomic E-state index is 13.2. The number of carbonyl (C=O) groups is 2. The lowest BCUT2D eigenvalue weighted by atomic mass is 10.0. The number of nitrogens with one attached hydrogen (secondary N) is 1. The average molecular weight is 848 g/mol. The molecule has 348 valence electrons. The van der Waals surface area contributed by atoms with Gasteiger partial charge in [0.15, 0.2) is 0 Å². The fraction of sp³-hybridized carbons (Fsp3) is 0.673. The van der Waals surface area contributed by atoms with Crippen LogP contribution < -0.4 is 5.32 Å². The van der Waals surface area contributed by atoms with Crippen LogP contribution in [0.15, 0.2) is 97.2 Å². The fourth-order valence-electron chi connectivity index (χ4n) is 6.96. The minimum atomic E-state index is -0.815. The number of rotatable bonds is 43. The van der Waals surface area contributed by atoms with E-state index in [1.807, 2.05) is 36.5 Å². The summed E-state index contributed by atoms with van der Waals surface area (Å²) in [7, 11) is 0. The van der Waals surface area contributed by atoms with Crippen molar-refractivity contribution < 1.29 is 24.5 Å². The molecule has 3 unspecified atom stereocenters. The zero-order valence-corrected chi connectivity index (χ0v) is 39.5. The van der Waals surface area contributed by atoms with Crippen LogP contribution in [0, 0.1) is 0 Å². The zero-order valence-electron chi connectivity index (χ0n) is 39.5. The van der Waals surface area contributed by atoms with E-state index in [4.69, 9.17) is 4.74 Å². The average Bonchev–Trinajstić information content (AvgIpc) is 3.25. The van der Waals surface area contributed by atoms with Gasteiger partial charge in [-0.05, 0) is 83.5 Å². The number of hydrogen-bond acceptors (Lipinski definition) is 5. The van der Waals surface area contributed by atoms with Crippen molar-refractivity contribution in [1.82, 2.24) is 5.32 Å². The Hall–Kier alpha value is -3.22. The molecule has 0 spiro atoms. The lowest BCUT2D eigenvalue weighted by Crippen LogP contribution is -2.46. The lowest BCUT2D eigenvalue weighted by molar-refractivity contribution is -0.151. The maximum Gasteiger partial charge on any atom is 0.306 e. The number of unbranched alkanes of at least 4 members (excludes halogenated alkanes) is 18. The van der Waals surface area contributed by atoms with Gasteiger partial charge in [0.25, 0.3) is 0 Å². The molecule has 0 aromatic carbocycles. The van der Waals surface area contributed by atoms with Gasteiger partial charge < -0.3 is 20.3 Å². The number of allylic oxidation sites excluding steroid dienone is 16. The third kappa shape index (κ3) is 43.2.